The topological polar surface area (TPSA) is 63.8 Å². The molecule has 1 aliphatic rings. The molecule has 0 spiro atoms. The predicted octanol–water partition coefficient (Wildman–Crippen LogP) is 2.74. The second-order valence-electron chi connectivity index (χ2n) is 4.64. The summed E-state index contributed by atoms with van der Waals surface area (Å²) in [7, 11) is 0. The summed E-state index contributed by atoms with van der Waals surface area (Å²) in [5.74, 6) is 0.485. The van der Waals surface area contributed by atoms with Crippen LogP contribution in [0.1, 0.15) is 17.7 Å². The molecule has 0 unspecified atom stereocenters. The van der Waals surface area contributed by atoms with E-state index in [0.29, 0.717) is 23.7 Å². The second kappa shape index (κ2) is 6.01. The van der Waals surface area contributed by atoms with Gasteiger partial charge in [-0.15, -0.1) is 0 Å². The molecule has 5 nitrogen and oxygen atoms in total. The molecule has 2 heterocycles. The van der Waals surface area contributed by atoms with Gasteiger partial charge in [-0.1, -0.05) is 28.9 Å². The maximum absolute atomic E-state index is 12.0. The lowest BCUT2D eigenvalue weighted by Crippen LogP contribution is -2.34. The third-order valence-corrected chi connectivity index (χ3v) is 3.41. The number of hydrogen-bond donors (Lipinski definition) is 1. The third kappa shape index (κ3) is 3.25. The van der Waals surface area contributed by atoms with Gasteiger partial charge in [0.25, 0.3) is 5.91 Å². The van der Waals surface area contributed by atoms with Gasteiger partial charge in [0, 0.05) is 11.4 Å². The fourth-order valence-corrected chi connectivity index (χ4v) is 2.16. The van der Waals surface area contributed by atoms with Crippen molar-refractivity contribution in [2.75, 3.05) is 0 Å². The third-order valence-electron chi connectivity index (χ3n) is 3.16. The smallest absolute Gasteiger partial charge is 0.264 e. The van der Waals surface area contributed by atoms with Crippen molar-refractivity contribution in [3.63, 3.8) is 0 Å². The van der Waals surface area contributed by atoms with Crippen molar-refractivity contribution in [2.24, 2.45) is 5.16 Å². The molecule has 0 aliphatic carbocycles. The molecule has 1 N–H and O–H groups in total. The van der Waals surface area contributed by atoms with Gasteiger partial charge in [0.1, 0.15) is 5.76 Å². The Balaban J connectivity index is 1.55. The molecule has 1 aromatic heterocycles. The number of carbonyl (C=O) groups is 1. The predicted molar refractivity (Wildman–Crippen MR) is 78.0 cm³/mol. The van der Waals surface area contributed by atoms with Crippen LogP contribution in [0.4, 0.5) is 0 Å². The van der Waals surface area contributed by atoms with Crippen LogP contribution in [0.15, 0.2) is 52.2 Å². The van der Waals surface area contributed by atoms with Crippen molar-refractivity contribution in [3.8, 4) is 0 Å². The summed E-state index contributed by atoms with van der Waals surface area (Å²) in [5.41, 5.74) is 1.64. The summed E-state index contributed by atoms with van der Waals surface area (Å²) in [6, 6.07) is 10.8. The van der Waals surface area contributed by atoms with Crippen LogP contribution in [-0.4, -0.2) is 17.7 Å². The van der Waals surface area contributed by atoms with E-state index in [1.807, 2.05) is 12.1 Å². The van der Waals surface area contributed by atoms with E-state index < -0.39 is 6.10 Å². The number of benzene rings is 1. The number of amides is 1. The Bertz CT molecular complexity index is 650. The normalized spacial score (nSPS) is 17.2. The maximum Gasteiger partial charge on any atom is 0.264 e. The van der Waals surface area contributed by atoms with E-state index in [4.69, 9.17) is 20.9 Å². The average molecular weight is 305 g/mol. The van der Waals surface area contributed by atoms with Gasteiger partial charge in [-0.3, -0.25) is 4.79 Å². The summed E-state index contributed by atoms with van der Waals surface area (Å²) in [6.07, 6.45) is 1.40. The lowest BCUT2D eigenvalue weighted by Gasteiger charge is -2.08. The molecular formula is C15H13ClN2O3. The van der Waals surface area contributed by atoms with Gasteiger partial charge in [0.05, 0.1) is 18.5 Å². The molecule has 1 aliphatic heterocycles. The summed E-state index contributed by atoms with van der Waals surface area (Å²) in [6.45, 7) is 0.335. The van der Waals surface area contributed by atoms with Gasteiger partial charge in [0.2, 0.25) is 6.10 Å². The van der Waals surface area contributed by atoms with E-state index in [2.05, 4.69) is 10.5 Å². The molecule has 6 heteroatoms. The molecule has 1 atom stereocenters. The Morgan fingerprint density at radius 3 is 2.86 bits per heavy atom. The number of nitrogens with one attached hydrogen (secondary N) is 1. The second-order valence-corrected chi connectivity index (χ2v) is 5.08. The minimum atomic E-state index is -0.606. The van der Waals surface area contributed by atoms with Crippen LogP contribution < -0.4 is 5.32 Å². The Morgan fingerprint density at radius 1 is 1.33 bits per heavy atom. The molecule has 0 saturated carbocycles. The Kier molecular flexibility index (Phi) is 3.92. The first kappa shape index (κ1) is 13.7. The Morgan fingerprint density at radius 2 is 2.14 bits per heavy atom. The molecule has 0 bridgehead atoms. The van der Waals surface area contributed by atoms with Crippen molar-refractivity contribution in [1.29, 1.82) is 0 Å². The molecule has 1 aromatic carbocycles. The Hall–Kier alpha value is -2.27. The molecule has 0 fully saturated rings. The van der Waals surface area contributed by atoms with E-state index >= 15 is 0 Å². The first-order valence-corrected chi connectivity index (χ1v) is 6.89. The number of oxime groups is 1. The van der Waals surface area contributed by atoms with Crippen LogP contribution in [-0.2, 0) is 16.2 Å². The van der Waals surface area contributed by atoms with Gasteiger partial charge >= 0.3 is 0 Å². The molecule has 2 aromatic rings. The van der Waals surface area contributed by atoms with Gasteiger partial charge < -0.3 is 14.6 Å². The maximum atomic E-state index is 12.0. The largest absolute Gasteiger partial charge is 0.467 e. The molecule has 0 saturated heterocycles. The first-order valence-electron chi connectivity index (χ1n) is 6.51. The standard InChI is InChI=1S/C15H13ClN2O3/c16-11-5-3-10(4-6-11)13-8-14(21-18-13)15(19)17-9-12-2-1-7-20-12/h1-7,14H,8-9H2,(H,17,19)/t14-/m0/s1. The zero-order valence-corrected chi connectivity index (χ0v) is 11.8. The molecule has 1 amide bonds. The molecule has 0 radical (unpaired) electrons. The minimum Gasteiger partial charge on any atom is -0.467 e. The highest BCUT2D eigenvalue weighted by atomic mass is 35.5. The number of hydrogen-bond acceptors (Lipinski definition) is 4. The minimum absolute atomic E-state index is 0.209. The molecule has 108 valence electrons. The number of nitrogens with zero attached hydrogens (tertiary/aromatic N) is 1. The number of carbonyl (C=O) groups excluding carboxylic acids is 1. The SMILES string of the molecule is O=C(NCc1ccco1)[C@@H]1CC(c2ccc(Cl)cc2)=NO1. The summed E-state index contributed by atoms with van der Waals surface area (Å²) in [4.78, 5) is 17.2. The number of halogens is 1. The number of furan rings is 1. The number of rotatable bonds is 4. The molecule has 21 heavy (non-hydrogen) atoms. The highest BCUT2D eigenvalue weighted by Gasteiger charge is 2.28. The van der Waals surface area contributed by atoms with Crippen molar-refractivity contribution >= 4 is 23.2 Å². The highest BCUT2D eigenvalue weighted by molar-refractivity contribution is 6.30. The summed E-state index contributed by atoms with van der Waals surface area (Å²) in [5, 5.41) is 7.39. The van der Waals surface area contributed by atoms with E-state index in [0.717, 1.165) is 11.3 Å². The lowest BCUT2D eigenvalue weighted by molar-refractivity contribution is -0.131. The molecule has 3 rings (SSSR count). The van der Waals surface area contributed by atoms with E-state index in [-0.39, 0.29) is 5.91 Å². The van der Waals surface area contributed by atoms with E-state index in [1.54, 1.807) is 30.5 Å². The van der Waals surface area contributed by atoms with Crippen molar-refractivity contribution in [1.82, 2.24) is 5.32 Å². The quantitative estimate of drug-likeness (QED) is 0.944. The highest BCUT2D eigenvalue weighted by Crippen LogP contribution is 2.18. The van der Waals surface area contributed by atoms with Crippen LogP contribution in [0.25, 0.3) is 0 Å². The van der Waals surface area contributed by atoms with Crippen LogP contribution in [0, 0.1) is 0 Å². The average Bonchev–Trinajstić information content (AvgIpc) is 3.17. The molecular weight excluding hydrogens is 292 g/mol. The van der Waals surface area contributed by atoms with Gasteiger partial charge in [-0.25, -0.2) is 0 Å². The van der Waals surface area contributed by atoms with Crippen LogP contribution >= 0.6 is 11.6 Å². The van der Waals surface area contributed by atoms with Crippen LogP contribution in [0.2, 0.25) is 5.02 Å². The van der Waals surface area contributed by atoms with Crippen LogP contribution in [0.5, 0.6) is 0 Å². The van der Waals surface area contributed by atoms with Crippen LogP contribution in [0.3, 0.4) is 0 Å². The zero-order chi connectivity index (χ0) is 14.7. The van der Waals surface area contributed by atoms with Crippen molar-refractivity contribution in [2.45, 2.75) is 19.1 Å². The van der Waals surface area contributed by atoms with Gasteiger partial charge in [-0.05, 0) is 29.8 Å². The first-order chi connectivity index (χ1) is 10.2. The summed E-state index contributed by atoms with van der Waals surface area (Å²) < 4.78 is 5.15. The fraction of sp³-hybridized carbons (Fsp3) is 0.200. The summed E-state index contributed by atoms with van der Waals surface area (Å²) >= 11 is 5.84. The zero-order valence-electron chi connectivity index (χ0n) is 11.1. The van der Waals surface area contributed by atoms with E-state index in [1.165, 1.54) is 0 Å². The van der Waals surface area contributed by atoms with Crippen molar-refractivity contribution < 1.29 is 14.0 Å². The monoisotopic (exact) mass is 304 g/mol. The van der Waals surface area contributed by atoms with E-state index in [9.17, 15) is 4.79 Å². The van der Waals surface area contributed by atoms with Crippen molar-refractivity contribution in [3.05, 3.63) is 59.0 Å². The Labute approximate surface area is 126 Å². The lowest BCUT2D eigenvalue weighted by atomic mass is 10.0. The van der Waals surface area contributed by atoms with Gasteiger partial charge in [-0.2, -0.15) is 0 Å². The van der Waals surface area contributed by atoms with Gasteiger partial charge in [0.15, 0.2) is 0 Å². The fourth-order valence-electron chi connectivity index (χ4n) is 2.03.